The lowest BCUT2D eigenvalue weighted by atomic mass is 9.99. The molecule has 2 rings (SSSR count). The molecule has 0 aliphatic carbocycles. The maximum Gasteiger partial charge on any atom is 0.335 e. The van der Waals surface area contributed by atoms with Gasteiger partial charge in [-0.05, 0) is 53.1 Å². The van der Waals surface area contributed by atoms with Crippen LogP contribution in [-0.4, -0.2) is 30.1 Å². The van der Waals surface area contributed by atoms with Crippen molar-refractivity contribution in [1.82, 2.24) is 5.32 Å². The average molecular weight is 313 g/mol. The van der Waals surface area contributed by atoms with Crippen LogP contribution >= 0.6 is 15.9 Å². The summed E-state index contributed by atoms with van der Waals surface area (Å²) in [4.78, 5) is 22.5. The van der Waals surface area contributed by atoms with Gasteiger partial charge < -0.3 is 15.7 Å². The third-order valence-electron chi connectivity index (χ3n) is 2.83. The van der Waals surface area contributed by atoms with Crippen LogP contribution in [0.1, 0.15) is 16.8 Å². The summed E-state index contributed by atoms with van der Waals surface area (Å²) in [6, 6.07) is 4.53. The highest BCUT2D eigenvalue weighted by Gasteiger charge is 2.20. The van der Waals surface area contributed by atoms with Crippen molar-refractivity contribution < 1.29 is 14.7 Å². The highest BCUT2D eigenvalue weighted by molar-refractivity contribution is 9.10. The van der Waals surface area contributed by atoms with E-state index in [1.165, 1.54) is 12.1 Å². The number of hydrogen-bond donors (Lipinski definition) is 3. The molecule has 0 bridgehead atoms. The van der Waals surface area contributed by atoms with Gasteiger partial charge in [0.25, 0.3) is 0 Å². The normalized spacial score (nSPS) is 14.9. The monoisotopic (exact) mass is 312 g/mol. The molecule has 18 heavy (non-hydrogen) atoms. The molecule has 0 radical (unpaired) electrons. The van der Waals surface area contributed by atoms with Gasteiger partial charge in [-0.3, -0.25) is 4.79 Å². The van der Waals surface area contributed by atoms with Crippen molar-refractivity contribution in [2.24, 2.45) is 5.92 Å². The molecule has 1 aliphatic heterocycles. The van der Waals surface area contributed by atoms with E-state index in [0.29, 0.717) is 22.5 Å². The van der Waals surface area contributed by atoms with E-state index >= 15 is 0 Å². The number of aromatic carboxylic acids is 1. The van der Waals surface area contributed by atoms with E-state index in [1.54, 1.807) is 6.07 Å². The maximum atomic E-state index is 11.7. The lowest BCUT2D eigenvalue weighted by Crippen LogP contribution is -2.43. The molecule has 1 amide bonds. The van der Waals surface area contributed by atoms with E-state index in [1.807, 2.05) is 0 Å². The van der Waals surface area contributed by atoms with Crippen LogP contribution in [0.5, 0.6) is 0 Å². The molecule has 0 atom stereocenters. The Morgan fingerprint density at radius 1 is 1.44 bits per heavy atom. The van der Waals surface area contributed by atoms with Crippen LogP contribution in [0.3, 0.4) is 0 Å². The first kappa shape index (κ1) is 13.0. The average Bonchev–Trinajstić information content (AvgIpc) is 2.26. The number of halogens is 1. The van der Waals surface area contributed by atoms with Gasteiger partial charge in [0.15, 0.2) is 0 Å². The van der Waals surface area contributed by atoms with Crippen molar-refractivity contribution >= 4 is 33.5 Å². The second-order valence-corrected chi connectivity index (χ2v) is 5.13. The SMILES string of the molecule is O=C(CC1CNC1)Nc1ccc(C(=O)O)cc1Br. The van der Waals surface area contributed by atoms with E-state index < -0.39 is 5.97 Å². The van der Waals surface area contributed by atoms with Crippen molar-refractivity contribution in [1.29, 1.82) is 0 Å². The Balaban J connectivity index is 2.00. The summed E-state index contributed by atoms with van der Waals surface area (Å²) in [7, 11) is 0. The van der Waals surface area contributed by atoms with E-state index in [-0.39, 0.29) is 11.5 Å². The number of hydrogen-bond acceptors (Lipinski definition) is 3. The molecule has 0 unspecified atom stereocenters. The van der Waals surface area contributed by atoms with E-state index in [9.17, 15) is 9.59 Å². The smallest absolute Gasteiger partial charge is 0.335 e. The lowest BCUT2D eigenvalue weighted by Gasteiger charge is -2.26. The highest BCUT2D eigenvalue weighted by Crippen LogP contribution is 2.24. The Labute approximate surface area is 113 Å². The summed E-state index contributed by atoms with van der Waals surface area (Å²) < 4.78 is 0.572. The molecule has 0 aromatic heterocycles. The van der Waals surface area contributed by atoms with Gasteiger partial charge in [0.05, 0.1) is 11.3 Å². The first-order chi connectivity index (χ1) is 8.56. The summed E-state index contributed by atoms with van der Waals surface area (Å²) in [6.45, 7) is 1.76. The molecular formula is C12H13BrN2O3. The Kier molecular flexibility index (Phi) is 3.98. The largest absolute Gasteiger partial charge is 0.478 e. The maximum absolute atomic E-state index is 11.7. The molecule has 1 aromatic carbocycles. The molecular weight excluding hydrogens is 300 g/mol. The van der Waals surface area contributed by atoms with Crippen LogP contribution in [0.15, 0.2) is 22.7 Å². The zero-order valence-corrected chi connectivity index (χ0v) is 11.2. The minimum Gasteiger partial charge on any atom is -0.478 e. The minimum atomic E-state index is -0.992. The van der Waals surface area contributed by atoms with Gasteiger partial charge in [-0.25, -0.2) is 4.79 Å². The van der Waals surface area contributed by atoms with Crippen LogP contribution in [0.4, 0.5) is 5.69 Å². The second kappa shape index (κ2) is 5.49. The number of rotatable bonds is 4. The van der Waals surface area contributed by atoms with Crippen LogP contribution in [0, 0.1) is 5.92 Å². The number of carbonyl (C=O) groups excluding carboxylic acids is 1. The zero-order valence-electron chi connectivity index (χ0n) is 9.57. The van der Waals surface area contributed by atoms with E-state index in [0.717, 1.165) is 13.1 Å². The van der Waals surface area contributed by atoms with Crippen LogP contribution in [-0.2, 0) is 4.79 Å². The van der Waals surface area contributed by atoms with Gasteiger partial charge >= 0.3 is 5.97 Å². The first-order valence-electron chi connectivity index (χ1n) is 5.59. The second-order valence-electron chi connectivity index (χ2n) is 4.28. The number of benzene rings is 1. The van der Waals surface area contributed by atoms with Crippen molar-refractivity contribution in [2.75, 3.05) is 18.4 Å². The summed E-state index contributed by atoms with van der Waals surface area (Å²) in [6.07, 6.45) is 0.486. The van der Waals surface area contributed by atoms with Gasteiger partial charge in [0.2, 0.25) is 5.91 Å². The molecule has 0 saturated carbocycles. The Hall–Kier alpha value is -1.40. The molecule has 1 fully saturated rings. The quantitative estimate of drug-likeness (QED) is 0.790. The number of nitrogens with one attached hydrogen (secondary N) is 2. The molecule has 1 aromatic rings. The fourth-order valence-corrected chi connectivity index (χ4v) is 2.18. The molecule has 1 heterocycles. The number of amides is 1. The molecule has 0 spiro atoms. The predicted octanol–water partition coefficient (Wildman–Crippen LogP) is 1.70. The third kappa shape index (κ3) is 3.08. The van der Waals surface area contributed by atoms with Gasteiger partial charge in [0.1, 0.15) is 0 Å². The molecule has 96 valence electrons. The van der Waals surface area contributed by atoms with Crippen molar-refractivity contribution in [3.63, 3.8) is 0 Å². The fraction of sp³-hybridized carbons (Fsp3) is 0.333. The number of anilines is 1. The minimum absolute atomic E-state index is 0.0507. The van der Waals surface area contributed by atoms with Gasteiger partial charge in [-0.1, -0.05) is 0 Å². The van der Waals surface area contributed by atoms with Crippen LogP contribution < -0.4 is 10.6 Å². The fourth-order valence-electron chi connectivity index (χ4n) is 1.71. The molecule has 3 N–H and O–H groups in total. The molecule has 1 saturated heterocycles. The molecule has 6 heteroatoms. The van der Waals surface area contributed by atoms with Crippen molar-refractivity contribution in [2.45, 2.75) is 6.42 Å². The third-order valence-corrected chi connectivity index (χ3v) is 3.49. The van der Waals surface area contributed by atoms with Gasteiger partial charge in [-0.2, -0.15) is 0 Å². The Bertz CT molecular complexity index is 486. The summed E-state index contributed by atoms with van der Waals surface area (Å²) >= 11 is 3.25. The number of carbonyl (C=O) groups is 2. The van der Waals surface area contributed by atoms with Gasteiger partial charge in [-0.15, -0.1) is 0 Å². The Morgan fingerprint density at radius 2 is 2.17 bits per heavy atom. The summed E-state index contributed by atoms with van der Waals surface area (Å²) in [5.74, 6) is -0.638. The summed E-state index contributed by atoms with van der Waals surface area (Å²) in [5.41, 5.74) is 0.778. The van der Waals surface area contributed by atoms with Crippen molar-refractivity contribution in [3.05, 3.63) is 28.2 Å². The van der Waals surface area contributed by atoms with Crippen LogP contribution in [0.2, 0.25) is 0 Å². The Morgan fingerprint density at radius 3 is 2.67 bits per heavy atom. The van der Waals surface area contributed by atoms with E-state index in [2.05, 4.69) is 26.6 Å². The highest BCUT2D eigenvalue weighted by atomic mass is 79.9. The van der Waals surface area contributed by atoms with Crippen molar-refractivity contribution in [3.8, 4) is 0 Å². The topological polar surface area (TPSA) is 78.4 Å². The first-order valence-corrected chi connectivity index (χ1v) is 6.39. The van der Waals surface area contributed by atoms with E-state index in [4.69, 9.17) is 5.11 Å². The number of carboxylic acids is 1. The number of carboxylic acid groups (broad SMARTS) is 1. The lowest BCUT2D eigenvalue weighted by molar-refractivity contribution is -0.117. The van der Waals surface area contributed by atoms with Crippen LogP contribution in [0.25, 0.3) is 0 Å². The standard InChI is InChI=1S/C12H13BrN2O3/c13-9-4-8(12(17)18)1-2-10(9)15-11(16)3-7-5-14-6-7/h1-2,4,7,14H,3,5-6H2,(H,15,16)(H,17,18). The molecule has 5 nitrogen and oxygen atoms in total. The van der Waals surface area contributed by atoms with Gasteiger partial charge in [0, 0.05) is 10.9 Å². The zero-order chi connectivity index (χ0) is 13.1. The predicted molar refractivity (Wildman–Crippen MR) is 70.7 cm³/mol. The molecule has 1 aliphatic rings. The summed E-state index contributed by atoms with van der Waals surface area (Å²) in [5, 5.41) is 14.7.